The van der Waals surface area contributed by atoms with Gasteiger partial charge in [-0.15, -0.1) is 0 Å². The van der Waals surface area contributed by atoms with Gasteiger partial charge in [-0.2, -0.15) is 0 Å². The third-order valence-corrected chi connectivity index (χ3v) is 4.37. The van der Waals surface area contributed by atoms with Crippen LogP contribution >= 0.6 is 0 Å². The van der Waals surface area contributed by atoms with Crippen molar-refractivity contribution < 1.29 is 23.9 Å². The lowest BCUT2D eigenvalue weighted by atomic mass is 10.1. The van der Waals surface area contributed by atoms with Crippen LogP contribution in [-0.2, 0) is 19.1 Å². The maximum absolute atomic E-state index is 12.8. The van der Waals surface area contributed by atoms with Crippen LogP contribution in [0.4, 0.5) is 17.1 Å². The zero-order valence-electron chi connectivity index (χ0n) is 16.1. The number of anilines is 3. The SMILES string of the molecule is CC(=O)Nc1cccc(C(=O)OCC(=O)N2c3ccccc3NC(=O)C[C@H]2C)c1. The third kappa shape index (κ3) is 4.78. The van der Waals surface area contributed by atoms with Crippen molar-refractivity contribution >= 4 is 40.8 Å². The van der Waals surface area contributed by atoms with Crippen LogP contribution in [0.25, 0.3) is 0 Å². The highest BCUT2D eigenvalue weighted by molar-refractivity contribution is 6.05. The zero-order chi connectivity index (χ0) is 21.0. The Morgan fingerprint density at radius 1 is 1.17 bits per heavy atom. The van der Waals surface area contributed by atoms with Gasteiger partial charge in [0.15, 0.2) is 6.61 Å². The zero-order valence-corrected chi connectivity index (χ0v) is 16.1. The lowest BCUT2D eigenvalue weighted by Crippen LogP contribution is -2.41. The first-order chi connectivity index (χ1) is 13.8. The second-order valence-electron chi connectivity index (χ2n) is 6.72. The summed E-state index contributed by atoms with van der Waals surface area (Å²) in [4.78, 5) is 49.8. The van der Waals surface area contributed by atoms with E-state index in [1.54, 1.807) is 43.3 Å². The van der Waals surface area contributed by atoms with Gasteiger partial charge in [0.2, 0.25) is 11.8 Å². The predicted molar refractivity (Wildman–Crippen MR) is 108 cm³/mol. The Balaban J connectivity index is 1.72. The topological polar surface area (TPSA) is 105 Å². The number of carbonyl (C=O) groups excluding carboxylic acids is 4. The maximum atomic E-state index is 12.8. The molecule has 150 valence electrons. The van der Waals surface area contributed by atoms with Gasteiger partial charge in [-0.1, -0.05) is 18.2 Å². The molecule has 8 heteroatoms. The minimum Gasteiger partial charge on any atom is -0.452 e. The molecule has 0 saturated heterocycles. The largest absolute Gasteiger partial charge is 0.452 e. The number of esters is 1. The molecule has 0 fully saturated rings. The second kappa shape index (κ2) is 8.55. The molecule has 2 N–H and O–H groups in total. The minimum absolute atomic E-state index is 0.132. The molecule has 0 radical (unpaired) electrons. The van der Waals surface area contributed by atoms with E-state index in [1.807, 2.05) is 0 Å². The van der Waals surface area contributed by atoms with Crippen molar-refractivity contribution in [2.75, 3.05) is 22.1 Å². The van der Waals surface area contributed by atoms with Gasteiger partial charge in [-0.05, 0) is 37.3 Å². The monoisotopic (exact) mass is 395 g/mol. The average molecular weight is 395 g/mol. The molecule has 2 aromatic carbocycles. The summed E-state index contributed by atoms with van der Waals surface area (Å²) in [5, 5.41) is 5.36. The Morgan fingerprint density at radius 2 is 1.93 bits per heavy atom. The van der Waals surface area contributed by atoms with Crippen molar-refractivity contribution in [1.29, 1.82) is 0 Å². The van der Waals surface area contributed by atoms with E-state index in [2.05, 4.69) is 10.6 Å². The summed E-state index contributed by atoms with van der Waals surface area (Å²) in [6, 6.07) is 12.8. The van der Waals surface area contributed by atoms with Crippen molar-refractivity contribution in [2.24, 2.45) is 0 Å². The molecule has 0 unspecified atom stereocenters. The van der Waals surface area contributed by atoms with E-state index < -0.39 is 24.5 Å². The van der Waals surface area contributed by atoms with Crippen LogP contribution in [-0.4, -0.2) is 36.3 Å². The van der Waals surface area contributed by atoms with E-state index in [4.69, 9.17) is 4.74 Å². The Hall–Kier alpha value is -3.68. The fourth-order valence-electron chi connectivity index (χ4n) is 3.18. The standard InChI is InChI=1S/C21H21N3O5/c1-13-10-19(26)23-17-8-3-4-9-18(17)24(13)20(27)12-29-21(28)15-6-5-7-16(11-15)22-14(2)25/h3-9,11,13H,10,12H2,1-2H3,(H,22,25)(H,23,26)/t13-/m1/s1. The van der Waals surface area contributed by atoms with Gasteiger partial charge in [0, 0.05) is 25.1 Å². The maximum Gasteiger partial charge on any atom is 0.338 e. The molecule has 1 aliphatic rings. The molecule has 1 aliphatic heterocycles. The molecule has 3 rings (SSSR count). The van der Waals surface area contributed by atoms with E-state index >= 15 is 0 Å². The molecule has 0 aliphatic carbocycles. The molecule has 0 aromatic heterocycles. The molecule has 2 aromatic rings. The van der Waals surface area contributed by atoms with Crippen molar-refractivity contribution in [2.45, 2.75) is 26.3 Å². The summed E-state index contributed by atoms with van der Waals surface area (Å²) in [6.45, 7) is 2.65. The molecule has 0 spiro atoms. The smallest absolute Gasteiger partial charge is 0.338 e. The number of carbonyl (C=O) groups is 4. The highest BCUT2D eigenvalue weighted by atomic mass is 16.5. The van der Waals surface area contributed by atoms with Gasteiger partial charge >= 0.3 is 5.97 Å². The number of ether oxygens (including phenoxy) is 1. The Bertz CT molecular complexity index is 972. The summed E-state index contributed by atoms with van der Waals surface area (Å²) < 4.78 is 5.19. The summed E-state index contributed by atoms with van der Waals surface area (Å²) in [5.74, 6) is -1.57. The molecule has 0 saturated carbocycles. The first kappa shape index (κ1) is 20.1. The van der Waals surface area contributed by atoms with Crippen LogP contribution in [0, 0.1) is 0 Å². The van der Waals surface area contributed by atoms with Crippen LogP contribution in [0.5, 0.6) is 0 Å². The van der Waals surface area contributed by atoms with Gasteiger partial charge in [0.1, 0.15) is 0 Å². The normalized spacial score (nSPS) is 15.6. The fourth-order valence-corrected chi connectivity index (χ4v) is 3.18. The number of nitrogens with one attached hydrogen (secondary N) is 2. The van der Waals surface area contributed by atoms with E-state index in [1.165, 1.54) is 24.0 Å². The van der Waals surface area contributed by atoms with Crippen LogP contribution in [0.3, 0.4) is 0 Å². The predicted octanol–water partition coefficient (Wildman–Crippen LogP) is 2.57. The first-order valence-corrected chi connectivity index (χ1v) is 9.11. The lowest BCUT2D eigenvalue weighted by Gasteiger charge is -2.27. The highest BCUT2D eigenvalue weighted by Crippen LogP contribution is 2.31. The Labute approximate surface area is 167 Å². The van der Waals surface area contributed by atoms with Gasteiger partial charge < -0.3 is 20.3 Å². The van der Waals surface area contributed by atoms with E-state index in [0.717, 1.165) is 0 Å². The van der Waals surface area contributed by atoms with Crippen LogP contribution < -0.4 is 15.5 Å². The quantitative estimate of drug-likeness (QED) is 0.774. The molecule has 29 heavy (non-hydrogen) atoms. The molecular formula is C21H21N3O5. The van der Waals surface area contributed by atoms with E-state index in [-0.39, 0.29) is 23.8 Å². The van der Waals surface area contributed by atoms with Gasteiger partial charge in [-0.3, -0.25) is 14.4 Å². The number of fused-ring (bicyclic) bond motifs is 1. The molecule has 3 amide bonds. The van der Waals surface area contributed by atoms with Crippen molar-refractivity contribution in [3.05, 3.63) is 54.1 Å². The molecular weight excluding hydrogens is 374 g/mol. The molecule has 1 heterocycles. The number of hydrogen-bond donors (Lipinski definition) is 2. The van der Waals surface area contributed by atoms with E-state index in [0.29, 0.717) is 17.1 Å². The molecule has 1 atom stereocenters. The minimum atomic E-state index is -0.685. The number of para-hydroxylation sites is 2. The van der Waals surface area contributed by atoms with Crippen molar-refractivity contribution in [3.8, 4) is 0 Å². The van der Waals surface area contributed by atoms with Gasteiger partial charge in [-0.25, -0.2) is 4.79 Å². The summed E-state index contributed by atoms with van der Waals surface area (Å²) in [6.07, 6.45) is 0.132. The number of rotatable bonds is 4. The van der Waals surface area contributed by atoms with Crippen LogP contribution in [0.15, 0.2) is 48.5 Å². The number of benzene rings is 2. The first-order valence-electron chi connectivity index (χ1n) is 9.11. The second-order valence-corrected chi connectivity index (χ2v) is 6.72. The Morgan fingerprint density at radius 3 is 2.69 bits per heavy atom. The van der Waals surface area contributed by atoms with Crippen molar-refractivity contribution in [1.82, 2.24) is 0 Å². The molecule has 8 nitrogen and oxygen atoms in total. The van der Waals surface area contributed by atoms with Crippen LogP contribution in [0.2, 0.25) is 0 Å². The Kier molecular flexibility index (Phi) is 5.92. The average Bonchev–Trinajstić information content (AvgIpc) is 2.79. The van der Waals surface area contributed by atoms with E-state index in [9.17, 15) is 19.2 Å². The summed E-state index contributed by atoms with van der Waals surface area (Å²) in [7, 11) is 0. The number of amides is 3. The third-order valence-electron chi connectivity index (χ3n) is 4.37. The summed E-state index contributed by atoms with van der Waals surface area (Å²) >= 11 is 0. The number of nitrogens with zero attached hydrogens (tertiary/aromatic N) is 1. The summed E-state index contributed by atoms with van der Waals surface area (Å²) in [5.41, 5.74) is 1.76. The van der Waals surface area contributed by atoms with Gasteiger partial charge in [0.05, 0.1) is 16.9 Å². The number of hydrogen-bond acceptors (Lipinski definition) is 5. The fraction of sp³-hybridized carbons (Fsp3) is 0.238. The molecule has 0 bridgehead atoms. The van der Waals surface area contributed by atoms with Crippen molar-refractivity contribution in [3.63, 3.8) is 0 Å². The van der Waals surface area contributed by atoms with Crippen LogP contribution in [0.1, 0.15) is 30.6 Å². The van der Waals surface area contributed by atoms with Gasteiger partial charge in [0.25, 0.3) is 5.91 Å². The lowest BCUT2D eigenvalue weighted by molar-refractivity contribution is -0.122. The highest BCUT2D eigenvalue weighted by Gasteiger charge is 2.30.